The van der Waals surface area contributed by atoms with Gasteiger partial charge in [0.1, 0.15) is 11.5 Å². The van der Waals surface area contributed by atoms with Gasteiger partial charge >= 0.3 is 7.12 Å². The molecule has 0 atom stereocenters. The van der Waals surface area contributed by atoms with Gasteiger partial charge in [0.25, 0.3) is 0 Å². The summed E-state index contributed by atoms with van der Waals surface area (Å²) < 4.78 is 61.5. The second-order valence-electron chi connectivity index (χ2n) is 4.98. The minimum absolute atomic E-state index is 0.102. The summed E-state index contributed by atoms with van der Waals surface area (Å²) in [6.45, 7) is 2.17. The largest absolute Gasteiger partial charge is 0.498 e. The molecule has 0 aromatic carbocycles. The van der Waals surface area contributed by atoms with Gasteiger partial charge in [-0.25, -0.2) is 0 Å². The standard InChI is InChI=1S/C12H19BO3/c1-8-7-10(9(2)14-8)13-15-11(3,4)12(5,6)16-13/h7H,1-6H3/i1D3,2D3. The molecule has 0 saturated carbocycles. The van der Waals surface area contributed by atoms with E-state index in [9.17, 15) is 0 Å². The van der Waals surface area contributed by atoms with E-state index in [4.69, 9.17) is 22.0 Å². The Bertz CT molecular complexity index is 556. The van der Waals surface area contributed by atoms with E-state index < -0.39 is 37.8 Å². The Balaban J connectivity index is 2.50. The minimum atomic E-state index is -2.59. The Labute approximate surface area is 106 Å². The van der Waals surface area contributed by atoms with Gasteiger partial charge in [-0.2, -0.15) is 0 Å². The van der Waals surface area contributed by atoms with Gasteiger partial charge in [0.2, 0.25) is 0 Å². The number of aryl methyl sites for hydroxylation is 2. The summed E-state index contributed by atoms with van der Waals surface area (Å²) in [6, 6.07) is 1.19. The molecule has 3 nitrogen and oxygen atoms in total. The second-order valence-corrected chi connectivity index (χ2v) is 4.98. The van der Waals surface area contributed by atoms with Crippen molar-refractivity contribution in [2.75, 3.05) is 0 Å². The van der Waals surface area contributed by atoms with Crippen LogP contribution in [0.4, 0.5) is 0 Å². The lowest BCUT2D eigenvalue weighted by molar-refractivity contribution is 0.00578. The number of rotatable bonds is 1. The van der Waals surface area contributed by atoms with E-state index in [1.54, 1.807) is 0 Å². The van der Waals surface area contributed by atoms with Crippen molar-refractivity contribution < 1.29 is 22.0 Å². The smallest absolute Gasteiger partial charge is 0.467 e. The van der Waals surface area contributed by atoms with Gasteiger partial charge in [-0.15, -0.1) is 0 Å². The molecule has 1 saturated heterocycles. The van der Waals surface area contributed by atoms with Crippen LogP contribution in [0.5, 0.6) is 0 Å². The van der Waals surface area contributed by atoms with Crippen LogP contribution in [0, 0.1) is 13.7 Å². The van der Waals surface area contributed by atoms with Crippen LogP contribution >= 0.6 is 0 Å². The van der Waals surface area contributed by atoms with Gasteiger partial charge in [-0.1, -0.05) is 0 Å². The fraction of sp³-hybridized carbons (Fsp3) is 0.667. The van der Waals surface area contributed by atoms with Crippen molar-refractivity contribution in [3.8, 4) is 0 Å². The van der Waals surface area contributed by atoms with Crippen LogP contribution in [-0.4, -0.2) is 18.3 Å². The van der Waals surface area contributed by atoms with E-state index >= 15 is 0 Å². The maximum Gasteiger partial charge on any atom is 0.498 e. The summed E-state index contributed by atoms with van der Waals surface area (Å²) in [4.78, 5) is 0. The fourth-order valence-corrected chi connectivity index (χ4v) is 1.55. The van der Waals surface area contributed by atoms with Crippen molar-refractivity contribution in [2.45, 2.75) is 52.6 Å². The maximum atomic E-state index is 7.54. The first-order chi connectivity index (χ1) is 9.65. The monoisotopic (exact) mass is 228 g/mol. The van der Waals surface area contributed by atoms with Crippen molar-refractivity contribution in [3.05, 3.63) is 17.6 Å². The molecule has 1 aliphatic rings. The topological polar surface area (TPSA) is 31.6 Å². The highest BCUT2D eigenvalue weighted by molar-refractivity contribution is 6.62. The van der Waals surface area contributed by atoms with Crippen LogP contribution in [0.1, 0.15) is 47.4 Å². The third-order valence-electron chi connectivity index (χ3n) is 3.27. The van der Waals surface area contributed by atoms with Crippen LogP contribution in [-0.2, 0) is 9.31 Å². The highest BCUT2D eigenvalue weighted by Gasteiger charge is 2.52. The molecule has 0 aliphatic carbocycles. The van der Waals surface area contributed by atoms with E-state index in [1.165, 1.54) is 6.07 Å². The Hall–Kier alpha value is -0.735. The Morgan fingerprint density at radius 3 is 2.25 bits per heavy atom. The molecule has 1 aromatic rings. The predicted octanol–water partition coefficient (Wildman–Crippen LogP) is 2.20. The highest BCUT2D eigenvalue weighted by Crippen LogP contribution is 2.36. The van der Waals surface area contributed by atoms with E-state index in [0.717, 1.165) is 0 Å². The first kappa shape index (κ1) is 6.27. The minimum Gasteiger partial charge on any atom is -0.467 e. The van der Waals surface area contributed by atoms with Crippen molar-refractivity contribution >= 4 is 12.6 Å². The quantitative estimate of drug-likeness (QED) is 0.690. The number of furan rings is 1. The highest BCUT2D eigenvalue weighted by atomic mass is 16.7. The van der Waals surface area contributed by atoms with Gasteiger partial charge in [-0.3, -0.25) is 0 Å². The molecule has 2 heterocycles. The molecule has 1 aliphatic heterocycles. The molecule has 0 radical (unpaired) electrons. The molecule has 4 heteroatoms. The first-order valence-electron chi connectivity index (χ1n) is 8.15. The number of hydrogen-bond acceptors (Lipinski definition) is 3. The summed E-state index contributed by atoms with van der Waals surface area (Å²) in [6.07, 6.45) is 0. The molecule has 2 rings (SSSR count). The molecule has 16 heavy (non-hydrogen) atoms. The Morgan fingerprint density at radius 2 is 1.75 bits per heavy atom. The lowest BCUT2D eigenvalue weighted by Gasteiger charge is -2.32. The Kier molecular flexibility index (Phi) is 1.32. The van der Waals surface area contributed by atoms with E-state index in [2.05, 4.69) is 0 Å². The van der Waals surface area contributed by atoms with Crippen molar-refractivity contribution in [3.63, 3.8) is 0 Å². The van der Waals surface area contributed by atoms with Gasteiger partial charge in [-0.05, 0) is 47.5 Å². The molecule has 0 amide bonds. The van der Waals surface area contributed by atoms with Crippen LogP contribution < -0.4 is 5.46 Å². The fourth-order valence-electron chi connectivity index (χ4n) is 1.55. The van der Waals surface area contributed by atoms with E-state index in [0.29, 0.717) is 0 Å². The second kappa shape index (κ2) is 3.38. The normalized spacial score (nSPS) is 29.9. The first-order valence-corrected chi connectivity index (χ1v) is 5.15. The molecule has 0 unspecified atom stereocenters. The van der Waals surface area contributed by atoms with Crippen molar-refractivity contribution in [1.29, 1.82) is 0 Å². The van der Waals surface area contributed by atoms with Crippen LogP contribution in [0.15, 0.2) is 10.5 Å². The molecule has 0 spiro atoms. The summed E-state index contributed by atoms with van der Waals surface area (Å²) >= 11 is 0. The van der Waals surface area contributed by atoms with Crippen LogP contribution in [0.2, 0.25) is 0 Å². The molecular weight excluding hydrogens is 203 g/mol. The molecule has 1 aromatic heterocycles. The maximum absolute atomic E-state index is 7.54. The average molecular weight is 228 g/mol. The zero-order valence-electron chi connectivity index (χ0n) is 15.9. The molecule has 88 valence electrons. The SMILES string of the molecule is [2H]C([2H])([2H])c1cc(B2OC(C)(C)C(C)(C)O2)c(C([2H])([2H])[2H])o1. The number of hydrogen-bond donors (Lipinski definition) is 0. The molecular formula is C12H19BO3. The molecule has 0 N–H and O–H groups in total. The Morgan fingerprint density at radius 1 is 1.12 bits per heavy atom. The lowest BCUT2D eigenvalue weighted by atomic mass is 9.79. The van der Waals surface area contributed by atoms with E-state index in [-0.39, 0.29) is 11.2 Å². The summed E-state index contributed by atoms with van der Waals surface area (Å²) in [5, 5.41) is 0. The summed E-state index contributed by atoms with van der Waals surface area (Å²) in [7, 11) is -0.986. The molecule has 1 fully saturated rings. The van der Waals surface area contributed by atoms with Crippen LogP contribution in [0.25, 0.3) is 0 Å². The van der Waals surface area contributed by atoms with Crippen molar-refractivity contribution in [2.24, 2.45) is 0 Å². The summed E-state index contributed by atoms with van der Waals surface area (Å²) in [5.41, 5.74) is -1.23. The van der Waals surface area contributed by atoms with E-state index in [1.807, 2.05) is 27.7 Å². The van der Waals surface area contributed by atoms with Crippen molar-refractivity contribution in [1.82, 2.24) is 0 Å². The third-order valence-corrected chi connectivity index (χ3v) is 3.27. The predicted molar refractivity (Wildman–Crippen MR) is 63.9 cm³/mol. The average Bonchev–Trinajstić information content (AvgIpc) is 2.77. The molecule has 0 bridgehead atoms. The van der Waals surface area contributed by atoms with Gasteiger partial charge in [0.05, 0.1) is 11.2 Å². The van der Waals surface area contributed by atoms with Gasteiger partial charge < -0.3 is 13.7 Å². The third kappa shape index (κ3) is 1.70. The summed E-state index contributed by atoms with van der Waals surface area (Å²) in [5.74, 6) is -0.791. The zero-order valence-corrected chi connectivity index (χ0v) is 9.88. The van der Waals surface area contributed by atoms with Crippen LogP contribution in [0.3, 0.4) is 0 Å². The zero-order chi connectivity index (χ0) is 17.1. The van der Waals surface area contributed by atoms with Gasteiger partial charge in [0, 0.05) is 13.7 Å². The van der Waals surface area contributed by atoms with Gasteiger partial charge in [0.15, 0.2) is 0 Å². The lowest BCUT2D eigenvalue weighted by Crippen LogP contribution is -2.41.